The van der Waals surface area contributed by atoms with E-state index in [1.54, 1.807) is 46.2 Å². The van der Waals surface area contributed by atoms with Gasteiger partial charge in [-0.05, 0) is 32.1 Å². The van der Waals surface area contributed by atoms with Gasteiger partial charge < -0.3 is 4.98 Å². The van der Waals surface area contributed by atoms with Crippen molar-refractivity contribution in [1.29, 1.82) is 0 Å². The first kappa shape index (κ1) is 16.9. The van der Waals surface area contributed by atoms with Crippen LogP contribution in [0.1, 0.15) is 35.4 Å². The molecule has 23 heavy (non-hydrogen) atoms. The van der Waals surface area contributed by atoms with Gasteiger partial charge in [0.05, 0.1) is 10.6 Å². The molecule has 0 bridgehead atoms. The summed E-state index contributed by atoms with van der Waals surface area (Å²) >= 11 is 6.42. The van der Waals surface area contributed by atoms with Crippen LogP contribution in [0.4, 0.5) is 0 Å². The van der Waals surface area contributed by atoms with E-state index >= 15 is 0 Å². The fourth-order valence-electron chi connectivity index (χ4n) is 2.10. The highest BCUT2D eigenvalue weighted by molar-refractivity contribution is 8.03. The van der Waals surface area contributed by atoms with Crippen LogP contribution in [0.25, 0.3) is 10.2 Å². The molecule has 0 unspecified atom stereocenters. The first-order chi connectivity index (χ1) is 11.0. The van der Waals surface area contributed by atoms with Crippen molar-refractivity contribution < 1.29 is 0 Å². The van der Waals surface area contributed by atoms with Gasteiger partial charge in [0, 0.05) is 4.88 Å². The summed E-state index contributed by atoms with van der Waals surface area (Å²) in [5.74, 6) is 1.67. The topological polar surface area (TPSA) is 71.5 Å². The molecule has 0 radical (unpaired) electrons. The maximum absolute atomic E-state index is 12.4. The van der Waals surface area contributed by atoms with Gasteiger partial charge in [-0.1, -0.05) is 41.8 Å². The second-order valence-electron chi connectivity index (χ2n) is 4.94. The highest BCUT2D eigenvalue weighted by Crippen LogP contribution is 2.37. The van der Waals surface area contributed by atoms with Crippen molar-refractivity contribution in [2.45, 2.75) is 41.6 Å². The van der Waals surface area contributed by atoms with Gasteiger partial charge in [-0.25, -0.2) is 4.98 Å². The highest BCUT2D eigenvalue weighted by Gasteiger charge is 2.17. The number of thioether (sulfide) groups is 2. The minimum atomic E-state index is -0.0567. The molecular formula is C14H16N4OS4. The molecule has 3 aromatic rings. The van der Waals surface area contributed by atoms with E-state index in [4.69, 9.17) is 0 Å². The van der Waals surface area contributed by atoms with Crippen molar-refractivity contribution in [3.8, 4) is 0 Å². The van der Waals surface area contributed by atoms with E-state index in [0.717, 1.165) is 29.7 Å². The molecule has 3 rings (SSSR count). The first-order valence-electron chi connectivity index (χ1n) is 7.12. The monoisotopic (exact) mass is 384 g/mol. The van der Waals surface area contributed by atoms with E-state index in [2.05, 4.69) is 27.1 Å². The normalized spacial score (nSPS) is 12.9. The number of hydrogen-bond acceptors (Lipinski definition) is 8. The molecule has 0 spiro atoms. The summed E-state index contributed by atoms with van der Waals surface area (Å²) in [4.78, 5) is 21.9. The van der Waals surface area contributed by atoms with Crippen LogP contribution >= 0.6 is 46.2 Å². The Labute approximate surface area is 150 Å². The lowest BCUT2D eigenvalue weighted by Gasteiger charge is -2.07. The lowest BCUT2D eigenvalue weighted by molar-refractivity contribution is 0.912. The third-order valence-electron chi connectivity index (χ3n) is 3.38. The van der Waals surface area contributed by atoms with Gasteiger partial charge >= 0.3 is 0 Å². The Bertz CT molecular complexity index is 898. The molecule has 0 saturated carbocycles. The number of aryl methyl sites for hydroxylation is 2. The van der Waals surface area contributed by atoms with E-state index in [-0.39, 0.29) is 10.8 Å². The zero-order chi connectivity index (χ0) is 16.6. The first-order valence-corrected chi connectivity index (χ1v) is 10.6. The second-order valence-corrected chi connectivity index (χ2v) is 10.2. The fourth-order valence-corrected chi connectivity index (χ4v) is 6.25. The molecule has 122 valence electrons. The molecule has 3 heterocycles. The van der Waals surface area contributed by atoms with Crippen LogP contribution in [0.15, 0.2) is 13.5 Å². The Hall–Kier alpha value is -0.900. The summed E-state index contributed by atoms with van der Waals surface area (Å²) < 4.78 is 1.87. The molecule has 0 aliphatic carbocycles. The zero-order valence-electron chi connectivity index (χ0n) is 13.2. The quantitative estimate of drug-likeness (QED) is 0.657. The molecule has 5 nitrogen and oxygen atoms in total. The Kier molecular flexibility index (Phi) is 5.10. The van der Waals surface area contributed by atoms with Crippen LogP contribution in [-0.4, -0.2) is 25.9 Å². The van der Waals surface area contributed by atoms with Gasteiger partial charge in [0.1, 0.15) is 10.7 Å². The Morgan fingerprint density at radius 1 is 1.22 bits per heavy atom. The van der Waals surface area contributed by atoms with Crippen LogP contribution in [0.2, 0.25) is 0 Å². The van der Waals surface area contributed by atoms with Gasteiger partial charge in [-0.15, -0.1) is 21.5 Å². The van der Waals surface area contributed by atoms with E-state index < -0.39 is 0 Å². The van der Waals surface area contributed by atoms with Gasteiger partial charge in [0.15, 0.2) is 8.68 Å². The maximum atomic E-state index is 12.4. The third-order valence-corrected chi connectivity index (χ3v) is 7.61. The molecule has 0 fully saturated rings. The number of nitrogens with zero attached hydrogens (tertiary/aromatic N) is 3. The summed E-state index contributed by atoms with van der Waals surface area (Å²) in [7, 11) is 0. The minimum absolute atomic E-state index is 0.0160. The third kappa shape index (κ3) is 3.47. The summed E-state index contributed by atoms with van der Waals surface area (Å²) in [5.41, 5.74) is 0.967. The summed E-state index contributed by atoms with van der Waals surface area (Å²) in [5, 5.41) is 9.08. The molecule has 0 saturated heterocycles. The molecule has 1 atom stereocenters. The van der Waals surface area contributed by atoms with Crippen molar-refractivity contribution in [3.05, 3.63) is 26.6 Å². The summed E-state index contributed by atoms with van der Waals surface area (Å²) in [6.07, 6.45) is 0. The predicted octanol–water partition coefficient (Wildman–Crippen LogP) is 4.42. The van der Waals surface area contributed by atoms with Crippen LogP contribution in [-0.2, 0) is 0 Å². The highest BCUT2D eigenvalue weighted by atomic mass is 32.2. The van der Waals surface area contributed by atoms with Gasteiger partial charge in [0.2, 0.25) is 0 Å². The van der Waals surface area contributed by atoms with Crippen molar-refractivity contribution in [3.63, 3.8) is 0 Å². The van der Waals surface area contributed by atoms with Gasteiger partial charge in [-0.3, -0.25) is 4.79 Å². The lowest BCUT2D eigenvalue weighted by atomic mass is 10.2. The summed E-state index contributed by atoms with van der Waals surface area (Å²) in [6.45, 7) is 8.11. The minimum Gasteiger partial charge on any atom is -0.309 e. The molecule has 9 heteroatoms. The number of aromatic amines is 1. The predicted molar refractivity (Wildman–Crippen MR) is 100 cm³/mol. The molecule has 0 aromatic carbocycles. The number of H-pyrrole nitrogens is 1. The molecular weight excluding hydrogens is 368 g/mol. The number of aromatic nitrogens is 4. The van der Waals surface area contributed by atoms with Crippen LogP contribution in [0.5, 0.6) is 0 Å². The van der Waals surface area contributed by atoms with Crippen molar-refractivity contribution in [2.75, 3.05) is 5.75 Å². The van der Waals surface area contributed by atoms with Crippen LogP contribution < -0.4 is 5.56 Å². The molecule has 0 aliphatic rings. The van der Waals surface area contributed by atoms with E-state index in [0.29, 0.717) is 11.2 Å². The van der Waals surface area contributed by atoms with Crippen LogP contribution in [0, 0.1) is 13.8 Å². The van der Waals surface area contributed by atoms with Crippen molar-refractivity contribution in [1.82, 2.24) is 20.2 Å². The Morgan fingerprint density at radius 2 is 1.96 bits per heavy atom. The van der Waals surface area contributed by atoms with E-state index in [1.165, 1.54) is 0 Å². The van der Waals surface area contributed by atoms with Gasteiger partial charge in [0.25, 0.3) is 5.56 Å². The number of thiophene rings is 1. The Morgan fingerprint density at radius 3 is 2.70 bits per heavy atom. The average molecular weight is 385 g/mol. The standard InChI is InChI=1S/C14H16N4OS4/c1-5-20-13-17-18-14(23-13)22-8(4)10-15-11(19)9-6(2)7(3)21-12(9)16-10/h8H,5H2,1-4H3,(H,15,16,19)/t8-/m0/s1. The molecule has 3 aromatic heterocycles. The number of fused-ring (bicyclic) bond motifs is 1. The fraction of sp³-hybridized carbons (Fsp3) is 0.429. The van der Waals surface area contributed by atoms with Crippen molar-refractivity contribution in [2.24, 2.45) is 0 Å². The SMILES string of the molecule is CCSc1nnc(S[C@@H](C)c2nc3sc(C)c(C)c3c(=O)[nH]2)s1. The van der Waals surface area contributed by atoms with Gasteiger partial charge in [-0.2, -0.15) is 0 Å². The number of nitrogens with one attached hydrogen (secondary N) is 1. The zero-order valence-corrected chi connectivity index (χ0v) is 16.4. The number of hydrogen-bond donors (Lipinski definition) is 1. The largest absolute Gasteiger partial charge is 0.309 e. The van der Waals surface area contributed by atoms with E-state index in [9.17, 15) is 4.79 Å². The Balaban J connectivity index is 1.88. The number of rotatable bonds is 5. The second kappa shape index (κ2) is 6.92. The molecule has 1 N–H and O–H groups in total. The average Bonchev–Trinajstić information content (AvgIpc) is 3.05. The maximum Gasteiger partial charge on any atom is 0.259 e. The molecule has 0 amide bonds. The molecule has 0 aliphatic heterocycles. The smallest absolute Gasteiger partial charge is 0.259 e. The van der Waals surface area contributed by atoms with E-state index in [1.807, 2.05) is 20.8 Å². The van der Waals surface area contributed by atoms with Crippen molar-refractivity contribution >= 4 is 56.4 Å². The summed E-state index contributed by atoms with van der Waals surface area (Å²) in [6, 6.07) is 0. The van der Waals surface area contributed by atoms with Crippen LogP contribution in [0.3, 0.4) is 0 Å². The lowest BCUT2D eigenvalue weighted by Crippen LogP contribution is -2.12.